The molecule has 0 unspecified atom stereocenters. The molecule has 0 radical (unpaired) electrons. The highest BCUT2D eigenvalue weighted by Crippen LogP contribution is 2.35. The summed E-state index contributed by atoms with van der Waals surface area (Å²) in [5.41, 5.74) is 0.375. The van der Waals surface area contributed by atoms with Crippen molar-refractivity contribution in [2.75, 3.05) is 7.11 Å². The highest BCUT2D eigenvalue weighted by molar-refractivity contribution is 8.03. The fourth-order valence-electron chi connectivity index (χ4n) is 2.35. The maximum Gasteiger partial charge on any atom is 0.342 e. The van der Waals surface area contributed by atoms with E-state index < -0.39 is 10.9 Å². The van der Waals surface area contributed by atoms with Gasteiger partial charge in [-0.05, 0) is 30.0 Å². The number of aromatic nitrogens is 2. The Morgan fingerprint density at radius 2 is 2.10 bits per heavy atom. The number of ether oxygens (including phenoxy) is 1. The predicted octanol–water partition coefficient (Wildman–Crippen LogP) is 4.03. The molecule has 0 saturated heterocycles. The van der Waals surface area contributed by atoms with Gasteiger partial charge in [-0.3, -0.25) is 10.1 Å². The molecular weight excluding hydrogens is 402 g/mol. The molecule has 0 aliphatic carbocycles. The fraction of sp³-hybridized carbons (Fsp3) is 0.167. The van der Waals surface area contributed by atoms with Crippen molar-refractivity contribution < 1.29 is 28.4 Å². The lowest BCUT2D eigenvalue weighted by atomic mass is 10.1. The summed E-state index contributed by atoms with van der Waals surface area (Å²) < 4.78 is 16.2. The van der Waals surface area contributed by atoms with Gasteiger partial charge in [0.2, 0.25) is 5.89 Å². The Labute approximate surface area is 168 Å². The number of carboxylic acid groups (broad SMARTS) is 1. The third-order valence-corrected chi connectivity index (χ3v) is 4.57. The molecule has 2 aromatic heterocycles. The largest absolute Gasteiger partial charge is 0.496 e. The zero-order valence-corrected chi connectivity index (χ0v) is 16.1. The highest BCUT2D eigenvalue weighted by Gasteiger charge is 2.18. The number of rotatable bonds is 8. The molecule has 29 heavy (non-hydrogen) atoms. The summed E-state index contributed by atoms with van der Waals surface area (Å²) >= 11 is 0.807. The number of thioether (sulfide) groups is 1. The molecule has 1 aromatic carbocycles. The normalized spacial score (nSPS) is 11.4. The molecule has 3 aromatic rings. The van der Waals surface area contributed by atoms with Gasteiger partial charge in [-0.2, -0.15) is 0 Å². The van der Waals surface area contributed by atoms with Crippen LogP contribution in [0.4, 0.5) is 5.69 Å². The van der Waals surface area contributed by atoms with Gasteiger partial charge in [0.15, 0.2) is 0 Å². The lowest BCUT2D eigenvalue weighted by Gasteiger charge is -2.05. The summed E-state index contributed by atoms with van der Waals surface area (Å²) in [7, 11) is 1.39. The van der Waals surface area contributed by atoms with Gasteiger partial charge in [0.1, 0.15) is 22.2 Å². The van der Waals surface area contributed by atoms with Crippen LogP contribution in [0.25, 0.3) is 17.4 Å². The van der Waals surface area contributed by atoms with Gasteiger partial charge >= 0.3 is 5.97 Å². The number of nitro groups is 1. The maximum absolute atomic E-state index is 11.6. The van der Waals surface area contributed by atoms with Crippen molar-refractivity contribution in [3.8, 4) is 17.1 Å². The van der Waals surface area contributed by atoms with Gasteiger partial charge < -0.3 is 18.7 Å². The molecule has 150 valence electrons. The zero-order chi connectivity index (χ0) is 21.0. The van der Waals surface area contributed by atoms with Crippen molar-refractivity contribution in [3.05, 3.63) is 57.0 Å². The van der Waals surface area contributed by atoms with Gasteiger partial charge in [0.05, 0.1) is 23.7 Å². The Balaban J connectivity index is 1.89. The van der Waals surface area contributed by atoms with Crippen molar-refractivity contribution in [3.63, 3.8) is 0 Å². The second kappa shape index (κ2) is 8.61. The first kappa shape index (κ1) is 20.1. The number of hydrogen-bond acceptors (Lipinski definition) is 9. The monoisotopic (exact) mass is 417 g/mol. The van der Waals surface area contributed by atoms with Crippen LogP contribution in [0, 0.1) is 10.1 Å². The fourth-order valence-corrected chi connectivity index (χ4v) is 3.02. The van der Waals surface area contributed by atoms with Gasteiger partial charge in [-0.1, -0.05) is 6.92 Å². The topological polar surface area (TPSA) is 142 Å². The summed E-state index contributed by atoms with van der Waals surface area (Å²) in [6.45, 7) is 1.84. The number of carbonyl (C=O) groups is 1. The number of non-ortho nitro benzene ring substituents is 1. The minimum absolute atomic E-state index is 0.0760. The number of nitro benzene ring substituents is 1. The summed E-state index contributed by atoms with van der Waals surface area (Å²) in [6.07, 6.45) is 1.86. The van der Waals surface area contributed by atoms with Crippen molar-refractivity contribution in [1.29, 1.82) is 0 Å². The van der Waals surface area contributed by atoms with Crippen molar-refractivity contribution in [2.24, 2.45) is 0 Å². The number of hydrogen-bond donors (Lipinski definition) is 1. The zero-order valence-electron chi connectivity index (χ0n) is 15.3. The molecule has 2 heterocycles. The van der Waals surface area contributed by atoms with E-state index in [9.17, 15) is 20.0 Å². The Kier molecular flexibility index (Phi) is 5.98. The summed E-state index contributed by atoms with van der Waals surface area (Å²) in [4.78, 5) is 21.9. The molecule has 0 bridgehead atoms. The number of furan rings is 1. The maximum atomic E-state index is 11.6. The van der Waals surface area contributed by atoms with Crippen LogP contribution in [0.1, 0.15) is 18.6 Å². The molecule has 0 aliphatic heterocycles. The Morgan fingerprint density at radius 1 is 1.31 bits per heavy atom. The number of nitrogens with zero attached hydrogens (tertiary/aromatic N) is 3. The standard InChI is InChI=1S/C18H15N3O7S/c1-3-16-19-20-18(28-16)29-15(17(22)23)9-11-5-7-13(27-11)12-6-4-10(21(24)25)8-14(12)26-2/h4-9H,3H2,1-2H3,(H,22,23)/b15-9-. The van der Waals surface area contributed by atoms with E-state index in [1.165, 1.54) is 31.4 Å². The van der Waals surface area contributed by atoms with Gasteiger partial charge in [0.25, 0.3) is 10.9 Å². The molecule has 0 saturated carbocycles. The van der Waals surface area contributed by atoms with E-state index in [-0.39, 0.29) is 27.3 Å². The minimum atomic E-state index is -1.18. The van der Waals surface area contributed by atoms with Crippen LogP contribution in [-0.2, 0) is 11.2 Å². The predicted molar refractivity (Wildman–Crippen MR) is 102 cm³/mol. The number of carboxylic acids is 1. The van der Waals surface area contributed by atoms with Gasteiger partial charge in [-0.15, -0.1) is 10.2 Å². The van der Waals surface area contributed by atoms with E-state index in [1.807, 2.05) is 6.92 Å². The van der Waals surface area contributed by atoms with Gasteiger partial charge in [-0.25, -0.2) is 4.79 Å². The van der Waals surface area contributed by atoms with E-state index in [2.05, 4.69) is 10.2 Å². The smallest absolute Gasteiger partial charge is 0.342 e. The van der Waals surface area contributed by atoms with Crippen molar-refractivity contribution in [1.82, 2.24) is 10.2 Å². The molecule has 3 rings (SSSR count). The summed E-state index contributed by atoms with van der Waals surface area (Å²) in [5.74, 6) is 0.110. The van der Waals surface area contributed by atoms with E-state index in [0.29, 0.717) is 23.6 Å². The van der Waals surface area contributed by atoms with Crippen molar-refractivity contribution >= 4 is 29.5 Å². The third kappa shape index (κ3) is 4.63. The molecule has 0 amide bonds. The first-order valence-corrected chi connectivity index (χ1v) is 9.10. The SMILES string of the molecule is CCc1nnc(S/C(=C\c2ccc(-c3ccc([N+](=O)[O-])cc3OC)o2)C(=O)O)o1. The minimum Gasteiger partial charge on any atom is -0.496 e. The van der Waals surface area contributed by atoms with Gasteiger partial charge in [0, 0.05) is 18.6 Å². The Hall–Kier alpha value is -3.60. The lowest BCUT2D eigenvalue weighted by Crippen LogP contribution is -1.96. The van der Waals surface area contributed by atoms with E-state index in [0.717, 1.165) is 11.8 Å². The number of aliphatic carboxylic acids is 1. The van der Waals surface area contributed by atoms with E-state index in [1.54, 1.807) is 12.1 Å². The van der Waals surface area contributed by atoms with Crippen LogP contribution in [0.15, 0.2) is 49.3 Å². The van der Waals surface area contributed by atoms with E-state index in [4.69, 9.17) is 13.6 Å². The molecule has 0 aliphatic rings. The highest BCUT2D eigenvalue weighted by atomic mass is 32.2. The molecule has 10 nitrogen and oxygen atoms in total. The van der Waals surface area contributed by atoms with Crippen LogP contribution in [0.2, 0.25) is 0 Å². The number of benzene rings is 1. The second-order valence-corrected chi connectivity index (χ2v) is 6.57. The molecular formula is C18H15N3O7S. The molecule has 0 atom stereocenters. The average Bonchev–Trinajstić information content (AvgIpc) is 3.36. The first-order valence-electron chi connectivity index (χ1n) is 8.29. The summed E-state index contributed by atoms with van der Waals surface area (Å²) in [6, 6.07) is 7.30. The average molecular weight is 417 g/mol. The molecule has 0 fully saturated rings. The van der Waals surface area contributed by atoms with Crippen LogP contribution >= 0.6 is 11.8 Å². The van der Waals surface area contributed by atoms with Crippen molar-refractivity contribution in [2.45, 2.75) is 18.6 Å². The Morgan fingerprint density at radius 3 is 2.72 bits per heavy atom. The van der Waals surface area contributed by atoms with Crippen LogP contribution in [0.3, 0.4) is 0 Å². The lowest BCUT2D eigenvalue weighted by molar-refractivity contribution is -0.384. The second-order valence-electron chi connectivity index (χ2n) is 5.57. The quantitative estimate of drug-likeness (QED) is 0.247. The first-order chi connectivity index (χ1) is 13.9. The number of aryl methyl sites for hydroxylation is 1. The molecule has 11 heteroatoms. The van der Waals surface area contributed by atoms with Crippen LogP contribution in [0.5, 0.6) is 5.75 Å². The number of methoxy groups -OCH3 is 1. The Bertz CT molecular complexity index is 1090. The summed E-state index contributed by atoms with van der Waals surface area (Å²) in [5, 5.41) is 28.1. The van der Waals surface area contributed by atoms with E-state index >= 15 is 0 Å². The van der Waals surface area contributed by atoms with Crippen LogP contribution < -0.4 is 4.74 Å². The van der Waals surface area contributed by atoms with Crippen LogP contribution in [-0.4, -0.2) is 33.3 Å². The third-order valence-electron chi connectivity index (χ3n) is 3.72. The molecule has 1 N–H and O–H groups in total. The molecule has 0 spiro atoms.